The van der Waals surface area contributed by atoms with Crippen LogP contribution in [-0.4, -0.2) is 0 Å². The molecule has 0 aromatic heterocycles. The summed E-state index contributed by atoms with van der Waals surface area (Å²) >= 11 is 0. The van der Waals surface area contributed by atoms with E-state index in [1.54, 1.807) is 0 Å². The van der Waals surface area contributed by atoms with E-state index in [1.165, 1.54) is 33.0 Å². The highest BCUT2D eigenvalue weighted by atomic mass is 14.9. The second-order valence-electron chi connectivity index (χ2n) is 7.14. The smallest absolute Gasteiger partial charge is 0.0470 e. The van der Waals surface area contributed by atoms with Gasteiger partial charge in [0, 0.05) is 16.9 Å². The standard InChI is InChI=1S/C28H21N/c1-3-9-21(10-4-1)22-15-17-24(18-16-22)28-26-14-8-7-11-23(26)19-20-27(28)29-25-12-5-2-6-13-25/h1-20,29H. The first-order chi connectivity index (χ1) is 14.4. The van der Waals surface area contributed by atoms with Gasteiger partial charge in [0.25, 0.3) is 0 Å². The molecular weight excluding hydrogens is 350 g/mol. The highest BCUT2D eigenvalue weighted by Gasteiger charge is 2.11. The van der Waals surface area contributed by atoms with Gasteiger partial charge in [-0.2, -0.15) is 0 Å². The Morgan fingerprint density at radius 3 is 1.76 bits per heavy atom. The van der Waals surface area contributed by atoms with Crippen LogP contribution in [0.25, 0.3) is 33.0 Å². The molecule has 0 heterocycles. The third kappa shape index (κ3) is 3.51. The Labute approximate surface area is 171 Å². The van der Waals surface area contributed by atoms with Crippen molar-refractivity contribution in [1.82, 2.24) is 0 Å². The molecule has 0 atom stereocenters. The van der Waals surface area contributed by atoms with Gasteiger partial charge in [0.1, 0.15) is 0 Å². The molecule has 0 spiro atoms. The Hall–Kier alpha value is -3.84. The maximum atomic E-state index is 3.61. The highest BCUT2D eigenvalue weighted by Crippen LogP contribution is 2.37. The minimum atomic E-state index is 1.09. The van der Waals surface area contributed by atoms with E-state index < -0.39 is 0 Å². The van der Waals surface area contributed by atoms with Crippen LogP contribution in [0, 0.1) is 0 Å². The van der Waals surface area contributed by atoms with Gasteiger partial charge >= 0.3 is 0 Å². The molecule has 0 bridgehead atoms. The summed E-state index contributed by atoms with van der Waals surface area (Å²) in [5, 5.41) is 6.10. The van der Waals surface area contributed by atoms with Crippen LogP contribution in [0.2, 0.25) is 0 Å². The lowest BCUT2D eigenvalue weighted by Crippen LogP contribution is -1.94. The Kier molecular flexibility index (Phi) is 4.56. The van der Waals surface area contributed by atoms with E-state index in [1.807, 2.05) is 6.07 Å². The largest absolute Gasteiger partial charge is 0.355 e. The number of para-hydroxylation sites is 1. The Morgan fingerprint density at radius 1 is 0.414 bits per heavy atom. The lowest BCUT2D eigenvalue weighted by molar-refractivity contribution is 1.55. The lowest BCUT2D eigenvalue weighted by atomic mass is 9.94. The van der Waals surface area contributed by atoms with Crippen LogP contribution in [0.4, 0.5) is 11.4 Å². The first kappa shape index (κ1) is 17.3. The summed E-state index contributed by atoms with van der Waals surface area (Å²) < 4.78 is 0. The maximum absolute atomic E-state index is 3.61. The molecule has 0 aliphatic heterocycles. The third-order valence-corrected chi connectivity index (χ3v) is 5.26. The first-order valence-corrected chi connectivity index (χ1v) is 9.88. The molecular formula is C28H21N. The van der Waals surface area contributed by atoms with Crippen LogP contribution >= 0.6 is 0 Å². The van der Waals surface area contributed by atoms with Crippen molar-refractivity contribution in [3.05, 3.63) is 121 Å². The number of fused-ring (bicyclic) bond motifs is 1. The molecule has 0 amide bonds. The summed E-state index contributed by atoms with van der Waals surface area (Å²) in [6.07, 6.45) is 0. The van der Waals surface area contributed by atoms with Crippen LogP contribution < -0.4 is 5.32 Å². The summed E-state index contributed by atoms with van der Waals surface area (Å²) in [6.45, 7) is 0. The van der Waals surface area contributed by atoms with E-state index in [4.69, 9.17) is 0 Å². The lowest BCUT2D eigenvalue weighted by Gasteiger charge is -2.16. The van der Waals surface area contributed by atoms with Crippen LogP contribution in [0.5, 0.6) is 0 Å². The molecule has 1 heteroatoms. The quantitative estimate of drug-likeness (QED) is 0.338. The van der Waals surface area contributed by atoms with Gasteiger partial charge in [0.2, 0.25) is 0 Å². The van der Waals surface area contributed by atoms with E-state index in [0.717, 1.165) is 11.4 Å². The second kappa shape index (κ2) is 7.65. The molecule has 5 rings (SSSR count). The van der Waals surface area contributed by atoms with Crippen LogP contribution in [0.3, 0.4) is 0 Å². The zero-order valence-electron chi connectivity index (χ0n) is 16.0. The van der Waals surface area contributed by atoms with Crippen LogP contribution in [0.15, 0.2) is 121 Å². The molecule has 29 heavy (non-hydrogen) atoms. The average molecular weight is 371 g/mol. The van der Waals surface area contributed by atoms with Gasteiger partial charge in [0.05, 0.1) is 0 Å². The number of nitrogens with one attached hydrogen (secondary N) is 1. The summed E-state index contributed by atoms with van der Waals surface area (Å²) in [4.78, 5) is 0. The minimum absolute atomic E-state index is 1.09. The van der Waals surface area contributed by atoms with Gasteiger partial charge in [-0.1, -0.05) is 103 Å². The van der Waals surface area contributed by atoms with Gasteiger partial charge < -0.3 is 5.32 Å². The summed E-state index contributed by atoms with van der Waals surface area (Å²) in [5.41, 5.74) is 7.10. The second-order valence-corrected chi connectivity index (χ2v) is 7.14. The number of rotatable bonds is 4. The number of anilines is 2. The fourth-order valence-corrected chi connectivity index (χ4v) is 3.82. The van der Waals surface area contributed by atoms with Crippen molar-refractivity contribution in [2.24, 2.45) is 0 Å². The monoisotopic (exact) mass is 371 g/mol. The predicted octanol–water partition coefficient (Wildman–Crippen LogP) is 7.92. The van der Waals surface area contributed by atoms with Crippen LogP contribution in [-0.2, 0) is 0 Å². The number of hydrogen-bond acceptors (Lipinski definition) is 1. The van der Waals surface area contributed by atoms with E-state index in [9.17, 15) is 0 Å². The van der Waals surface area contributed by atoms with Gasteiger partial charge in [-0.25, -0.2) is 0 Å². The highest BCUT2D eigenvalue weighted by molar-refractivity contribution is 6.03. The Balaban J connectivity index is 1.63. The summed E-state index contributed by atoms with van der Waals surface area (Å²) in [6, 6.07) is 42.6. The van der Waals surface area contributed by atoms with E-state index in [2.05, 4.69) is 121 Å². The van der Waals surface area contributed by atoms with E-state index in [0.29, 0.717) is 0 Å². The molecule has 0 fully saturated rings. The molecule has 1 nitrogen and oxygen atoms in total. The first-order valence-electron chi connectivity index (χ1n) is 9.88. The number of benzene rings is 5. The third-order valence-electron chi connectivity index (χ3n) is 5.26. The van der Waals surface area contributed by atoms with E-state index in [-0.39, 0.29) is 0 Å². The molecule has 0 aliphatic rings. The van der Waals surface area contributed by atoms with Gasteiger partial charge in [-0.05, 0) is 45.7 Å². The molecule has 0 saturated heterocycles. The predicted molar refractivity (Wildman–Crippen MR) is 125 cm³/mol. The van der Waals surface area contributed by atoms with Crippen molar-refractivity contribution in [3.63, 3.8) is 0 Å². The summed E-state index contributed by atoms with van der Waals surface area (Å²) in [7, 11) is 0. The van der Waals surface area contributed by atoms with Gasteiger partial charge in [-0.3, -0.25) is 0 Å². The fraction of sp³-hybridized carbons (Fsp3) is 0. The molecule has 5 aromatic rings. The van der Waals surface area contributed by atoms with Crippen molar-refractivity contribution in [1.29, 1.82) is 0 Å². The molecule has 0 radical (unpaired) electrons. The molecule has 0 unspecified atom stereocenters. The molecule has 0 saturated carbocycles. The van der Waals surface area contributed by atoms with Crippen LogP contribution in [0.1, 0.15) is 0 Å². The van der Waals surface area contributed by atoms with Gasteiger partial charge in [0.15, 0.2) is 0 Å². The minimum Gasteiger partial charge on any atom is -0.355 e. The molecule has 1 N–H and O–H groups in total. The Morgan fingerprint density at radius 2 is 1.00 bits per heavy atom. The fourth-order valence-electron chi connectivity index (χ4n) is 3.82. The molecule has 0 aliphatic carbocycles. The Bertz CT molecular complexity index is 1240. The topological polar surface area (TPSA) is 12.0 Å². The normalized spacial score (nSPS) is 10.8. The molecule has 5 aromatic carbocycles. The van der Waals surface area contributed by atoms with Crippen molar-refractivity contribution in [2.75, 3.05) is 5.32 Å². The SMILES string of the molecule is c1ccc(Nc2ccc3ccccc3c2-c2ccc(-c3ccccc3)cc2)cc1. The zero-order valence-corrected chi connectivity index (χ0v) is 16.0. The number of hydrogen-bond donors (Lipinski definition) is 1. The molecule has 138 valence electrons. The van der Waals surface area contributed by atoms with E-state index >= 15 is 0 Å². The average Bonchev–Trinajstić information content (AvgIpc) is 2.80. The zero-order chi connectivity index (χ0) is 19.5. The van der Waals surface area contributed by atoms with Crippen molar-refractivity contribution < 1.29 is 0 Å². The maximum Gasteiger partial charge on any atom is 0.0470 e. The van der Waals surface area contributed by atoms with Gasteiger partial charge in [-0.15, -0.1) is 0 Å². The van der Waals surface area contributed by atoms with Crippen molar-refractivity contribution in [2.45, 2.75) is 0 Å². The van der Waals surface area contributed by atoms with Crippen molar-refractivity contribution >= 4 is 22.1 Å². The van der Waals surface area contributed by atoms with Crippen molar-refractivity contribution in [3.8, 4) is 22.3 Å². The summed E-state index contributed by atoms with van der Waals surface area (Å²) in [5.74, 6) is 0.